The summed E-state index contributed by atoms with van der Waals surface area (Å²) in [5, 5.41) is 11.4. The number of ether oxygens (including phenoxy) is 1. The van der Waals surface area contributed by atoms with E-state index in [0.717, 1.165) is 16.3 Å². The minimum absolute atomic E-state index is 0.0350. The number of aliphatic hydroxyl groups excluding tert-OH is 1. The molecule has 1 N–H and O–H groups in total. The second-order valence-electron chi connectivity index (χ2n) is 6.62. The van der Waals surface area contributed by atoms with Gasteiger partial charge in [0.15, 0.2) is 0 Å². The van der Waals surface area contributed by atoms with Crippen LogP contribution in [0.4, 0.5) is 0 Å². The normalized spacial score (nSPS) is 18.0. The van der Waals surface area contributed by atoms with Crippen molar-refractivity contribution in [2.75, 3.05) is 46.5 Å². The fourth-order valence-corrected chi connectivity index (χ4v) is 3.47. The quantitative estimate of drug-likeness (QED) is 0.865. The first kappa shape index (κ1) is 17.9. The van der Waals surface area contributed by atoms with E-state index in [9.17, 15) is 4.79 Å². The Morgan fingerprint density at radius 3 is 2.92 bits per heavy atom. The highest BCUT2D eigenvalue weighted by molar-refractivity contribution is 5.90. The summed E-state index contributed by atoms with van der Waals surface area (Å²) in [7, 11) is 1.96. The van der Waals surface area contributed by atoms with E-state index < -0.39 is 0 Å². The molecule has 5 heteroatoms. The van der Waals surface area contributed by atoms with Crippen molar-refractivity contribution in [1.29, 1.82) is 0 Å². The van der Waals surface area contributed by atoms with Gasteiger partial charge in [0.05, 0.1) is 32.3 Å². The van der Waals surface area contributed by atoms with Crippen LogP contribution < -0.4 is 0 Å². The first-order chi connectivity index (χ1) is 12.2. The Morgan fingerprint density at radius 1 is 1.28 bits per heavy atom. The largest absolute Gasteiger partial charge is 0.395 e. The molecule has 1 aliphatic heterocycles. The first-order valence-corrected chi connectivity index (χ1v) is 8.82. The van der Waals surface area contributed by atoms with Gasteiger partial charge in [-0.2, -0.15) is 0 Å². The van der Waals surface area contributed by atoms with Crippen molar-refractivity contribution >= 4 is 16.7 Å². The lowest BCUT2D eigenvalue weighted by molar-refractivity contribution is -0.139. The number of benzene rings is 2. The van der Waals surface area contributed by atoms with Gasteiger partial charge >= 0.3 is 0 Å². The maximum absolute atomic E-state index is 13.0. The van der Waals surface area contributed by atoms with Gasteiger partial charge in [-0.05, 0) is 23.4 Å². The highest BCUT2D eigenvalue weighted by Crippen LogP contribution is 2.20. The standard InChI is InChI=1S/C20H26N2O3/c1-21(9-11-23)14-18-15-25-12-10-22(18)20(24)13-17-7-4-6-16-5-2-3-8-19(16)17/h2-8,18,23H,9-15H2,1H3/t18-/m1/s1. The zero-order valence-corrected chi connectivity index (χ0v) is 14.7. The van der Waals surface area contributed by atoms with E-state index in [1.54, 1.807) is 0 Å². The monoisotopic (exact) mass is 342 g/mol. The number of nitrogens with zero attached hydrogens (tertiary/aromatic N) is 2. The molecule has 1 fully saturated rings. The fourth-order valence-electron chi connectivity index (χ4n) is 3.47. The molecular formula is C20H26N2O3. The zero-order valence-electron chi connectivity index (χ0n) is 14.7. The Hall–Kier alpha value is -1.95. The highest BCUT2D eigenvalue weighted by Gasteiger charge is 2.28. The van der Waals surface area contributed by atoms with E-state index in [1.165, 1.54) is 0 Å². The molecule has 0 unspecified atom stereocenters. The summed E-state index contributed by atoms with van der Waals surface area (Å²) in [4.78, 5) is 16.9. The molecule has 0 aliphatic carbocycles. The number of hydrogen-bond acceptors (Lipinski definition) is 4. The second-order valence-corrected chi connectivity index (χ2v) is 6.62. The Labute approximate surface area is 148 Å². The highest BCUT2D eigenvalue weighted by atomic mass is 16.5. The number of rotatable bonds is 6. The number of aliphatic hydroxyl groups is 1. The maximum atomic E-state index is 13.0. The van der Waals surface area contributed by atoms with Crippen molar-refractivity contribution in [3.05, 3.63) is 48.0 Å². The van der Waals surface area contributed by atoms with E-state index in [-0.39, 0.29) is 18.6 Å². The van der Waals surface area contributed by atoms with Gasteiger partial charge in [-0.25, -0.2) is 0 Å². The zero-order chi connectivity index (χ0) is 17.6. The molecule has 1 saturated heterocycles. The van der Waals surface area contributed by atoms with Crippen LogP contribution in [0.15, 0.2) is 42.5 Å². The number of likely N-dealkylation sites (N-methyl/N-ethyl adjacent to an activating group) is 1. The van der Waals surface area contributed by atoms with Gasteiger partial charge < -0.3 is 19.6 Å². The number of fused-ring (bicyclic) bond motifs is 1. The van der Waals surface area contributed by atoms with Gasteiger partial charge in [0.1, 0.15) is 0 Å². The number of amides is 1. The Morgan fingerprint density at radius 2 is 2.08 bits per heavy atom. The van der Waals surface area contributed by atoms with Gasteiger partial charge in [-0.3, -0.25) is 4.79 Å². The molecule has 1 heterocycles. The summed E-state index contributed by atoms with van der Waals surface area (Å²) in [6.07, 6.45) is 0.404. The Balaban J connectivity index is 1.73. The van der Waals surface area contributed by atoms with Crippen LogP contribution in [0.5, 0.6) is 0 Å². The van der Waals surface area contributed by atoms with Gasteiger partial charge in [0.2, 0.25) is 5.91 Å². The average Bonchev–Trinajstić information content (AvgIpc) is 2.62. The minimum atomic E-state index is 0.0350. The third kappa shape index (κ3) is 4.37. The predicted molar refractivity (Wildman–Crippen MR) is 98.6 cm³/mol. The summed E-state index contributed by atoms with van der Waals surface area (Å²) < 4.78 is 5.58. The van der Waals surface area contributed by atoms with Crippen LogP contribution in [-0.2, 0) is 16.0 Å². The minimum Gasteiger partial charge on any atom is -0.395 e. The van der Waals surface area contributed by atoms with Crippen LogP contribution in [0.25, 0.3) is 10.8 Å². The molecule has 0 aromatic heterocycles. The van der Waals surface area contributed by atoms with Crippen molar-refractivity contribution in [3.8, 4) is 0 Å². The van der Waals surface area contributed by atoms with Crippen LogP contribution in [0.1, 0.15) is 5.56 Å². The molecular weight excluding hydrogens is 316 g/mol. The smallest absolute Gasteiger partial charge is 0.227 e. The molecule has 3 rings (SSSR count). The number of hydrogen-bond donors (Lipinski definition) is 1. The van der Waals surface area contributed by atoms with Crippen molar-refractivity contribution in [1.82, 2.24) is 9.80 Å². The molecule has 134 valence electrons. The molecule has 2 aromatic carbocycles. The number of morpholine rings is 1. The molecule has 0 spiro atoms. The molecule has 2 aromatic rings. The SMILES string of the molecule is CN(CCO)C[C@@H]1COCCN1C(=O)Cc1cccc2ccccc12. The van der Waals surface area contributed by atoms with Crippen LogP contribution >= 0.6 is 0 Å². The van der Waals surface area contributed by atoms with Gasteiger partial charge in [0, 0.05) is 19.6 Å². The summed E-state index contributed by atoms with van der Waals surface area (Å²) in [5.41, 5.74) is 1.07. The predicted octanol–water partition coefficient (Wildman–Crippen LogP) is 1.53. The molecule has 5 nitrogen and oxygen atoms in total. The summed E-state index contributed by atoms with van der Waals surface area (Å²) in [6.45, 7) is 3.19. The lowest BCUT2D eigenvalue weighted by Crippen LogP contribution is -2.53. The Bertz CT molecular complexity index is 714. The molecule has 0 saturated carbocycles. The van der Waals surface area contributed by atoms with Gasteiger partial charge in [-0.1, -0.05) is 42.5 Å². The Kier molecular flexibility index (Phi) is 6.02. The van der Waals surface area contributed by atoms with Crippen LogP contribution in [0.2, 0.25) is 0 Å². The first-order valence-electron chi connectivity index (χ1n) is 8.82. The molecule has 0 radical (unpaired) electrons. The lowest BCUT2D eigenvalue weighted by atomic mass is 10.0. The second kappa shape index (κ2) is 8.43. The number of carbonyl (C=O) groups excluding carboxylic acids is 1. The van der Waals surface area contributed by atoms with Crippen molar-refractivity contribution in [2.45, 2.75) is 12.5 Å². The fraction of sp³-hybridized carbons (Fsp3) is 0.450. The molecule has 1 atom stereocenters. The van der Waals surface area contributed by atoms with Crippen LogP contribution in [0.3, 0.4) is 0 Å². The van der Waals surface area contributed by atoms with E-state index in [2.05, 4.69) is 18.2 Å². The van der Waals surface area contributed by atoms with Crippen LogP contribution in [-0.4, -0.2) is 73.4 Å². The van der Waals surface area contributed by atoms with Crippen molar-refractivity contribution in [3.63, 3.8) is 0 Å². The molecule has 1 aliphatic rings. The van der Waals surface area contributed by atoms with Crippen molar-refractivity contribution in [2.24, 2.45) is 0 Å². The summed E-state index contributed by atoms with van der Waals surface area (Å²) >= 11 is 0. The van der Waals surface area contributed by atoms with Crippen molar-refractivity contribution < 1.29 is 14.6 Å². The molecule has 1 amide bonds. The molecule has 0 bridgehead atoms. The van der Waals surface area contributed by atoms with E-state index in [1.807, 2.05) is 41.1 Å². The van der Waals surface area contributed by atoms with E-state index in [4.69, 9.17) is 9.84 Å². The third-order valence-electron chi connectivity index (χ3n) is 4.77. The van der Waals surface area contributed by atoms with E-state index >= 15 is 0 Å². The van der Waals surface area contributed by atoms with Gasteiger partial charge in [0.25, 0.3) is 0 Å². The third-order valence-corrected chi connectivity index (χ3v) is 4.77. The van der Waals surface area contributed by atoms with Crippen LogP contribution in [0, 0.1) is 0 Å². The number of carbonyl (C=O) groups is 1. The van der Waals surface area contributed by atoms with Gasteiger partial charge in [-0.15, -0.1) is 0 Å². The lowest BCUT2D eigenvalue weighted by Gasteiger charge is -2.37. The topological polar surface area (TPSA) is 53.0 Å². The summed E-state index contributed by atoms with van der Waals surface area (Å²) in [6, 6.07) is 14.3. The molecule has 25 heavy (non-hydrogen) atoms. The summed E-state index contributed by atoms with van der Waals surface area (Å²) in [5.74, 6) is 0.141. The van der Waals surface area contributed by atoms with E-state index in [0.29, 0.717) is 39.3 Å². The maximum Gasteiger partial charge on any atom is 0.227 e. The average molecular weight is 342 g/mol.